The summed E-state index contributed by atoms with van der Waals surface area (Å²) in [4.78, 5) is 12.0. The Hall–Kier alpha value is -0.0900. The predicted octanol–water partition coefficient (Wildman–Crippen LogP) is 1.03. The van der Waals surface area contributed by atoms with Crippen molar-refractivity contribution < 1.29 is 4.79 Å². The van der Waals surface area contributed by atoms with Crippen LogP contribution in [0.1, 0.15) is 27.2 Å². The number of hydrogen-bond acceptors (Lipinski definition) is 2. The van der Waals surface area contributed by atoms with Crippen molar-refractivity contribution in [3.8, 4) is 0 Å². The van der Waals surface area contributed by atoms with Crippen molar-refractivity contribution in [1.82, 2.24) is 10.6 Å². The Morgan fingerprint density at radius 2 is 2.15 bits per heavy atom. The van der Waals surface area contributed by atoms with Crippen molar-refractivity contribution in [2.24, 2.45) is 0 Å². The van der Waals surface area contributed by atoms with Gasteiger partial charge in [-0.1, -0.05) is 15.9 Å². The molecule has 4 heteroatoms. The van der Waals surface area contributed by atoms with Gasteiger partial charge in [0.25, 0.3) is 0 Å². The molecule has 0 aromatic rings. The highest BCUT2D eigenvalue weighted by atomic mass is 79.9. The van der Waals surface area contributed by atoms with Crippen molar-refractivity contribution >= 4 is 21.8 Å². The van der Waals surface area contributed by atoms with Crippen LogP contribution in [0.25, 0.3) is 0 Å². The van der Waals surface area contributed by atoms with Gasteiger partial charge >= 0.3 is 0 Å². The van der Waals surface area contributed by atoms with Crippen LogP contribution in [0, 0.1) is 0 Å². The molecule has 0 saturated carbocycles. The Morgan fingerprint density at radius 1 is 1.54 bits per heavy atom. The first kappa shape index (κ1) is 11.0. The molecule has 1 fully saturated rings. The number of carbonyl (C=O) groups is 1. The summed E-state index contributed by atoms with van der Waals surface area (Å²) in [6.45, 7) is 6.85. The summed E-state index contributed by atoms with van der Waals surface area (Å²) in [6, 6.07) is -0.0244. The molecule has 1 unspecified atom stereocenters. The maximum Gasteiger partial charge on any atom is 0.237 e. The molecular weight excluding hydrogens is 232 g/mol. The molecule has 1 heterocycles. The molecule has 2 N–H and O–H groups in total. The quantitative estimate of drug-likeness (QED) is 0.681. The van der Waals surface area contributed by atoms with Crippen LogP contribution in [0.3, 0.4) is 0 Å². The van der Waals surface area contributed by atoms with Crippen LogP contribution in [0.15, 0.2) is 0 Å². The van der Waals surface area contributed by atoms with E-state index in [0.29, 0.717) is 4.83 Å². The molecule has 0 aromatic carbocycles. The molecule has 0 radical (unpaired) electrons. The van der Waals surface area contributed by atoms with Crippen molar-refractivity contribution in [3.63, 3.8) is 0 Å². The van der Waals surface area contributed by atoms with E-state index in [1.807, 2.05) is 20.8 Å². The topological polar surface area (TPSA) is 41.1 Å². The van der Waals surface area contributed by atoms with Crippen LogP contribution < -0.4 is 10.6 Å². The Kier molecular flexibility index (Phi) is 3.35. The van der Waals surface area contributed by atoms with Gasteiger partial charge in [-0.05, 0) is 27.2 Å². The largest absolute Gasteiger partial charge is 0.350 e. The van der Waals surface area contributed by atoms with Crippen molar-refractivity contribution in [3.05, 3.63) is 0 Å². The molecule has 1 amide bonds. The highest BCUT2D eigenvalue weighted by Gasteiger charge is 2.29. The predicted molar refractivity (Wildman–Crippen MR) is 57.0 cm³/mol. The molecule has 1 saturated heterocycles. The Balaban J connectivity index is 2.41. The summed E-state index contributed by atoms with van der Waals surface area (Å²) in [5.41, 5.74) is -0.136. The van der Waals surface area contributed by atoms with Crippen molar-refractivity contribution in [2.45, 2.75) is 43.6 Å². The molecular formula is C9H17BrN2O. The van der Waals surface area contributed by atoms with Gasteiger partial charge in [0.15, 0.2) is 0 Å². The third-order valence-electron chi connectivity index (χ3n) is 1.89. The lowest BCUT2D eigenvalue weighted by Crippen LogP contribution is -2.48. The van der Waals surface area contributed by atoms with E-state index in [4.69, 9.17) is 0 Å². The van der Waals surface area contributed by atoms with Crippen LogP contribution in [-0.2, 0) is 4.79 Å². The molecule has 13 heavy (non-hydrogen) atoms. The van der Waals surface area contributed by atoms with Crippen molar-refractivity contribution in [1.29, 1.82) is 0 Å². The zero-order valence-corrected chi connectivity index (χ0v) is 9.94. The minimum Gasteiger partial charge on any atom is -0.350 e. The van der Waals surface area contributed by atoms with Gasteiger partial charge in [0.2, 0.25) is 5.91 Å². The standard InChI is InChI=1S/C9H17BrN2O/c1-9(2,3)12-8(13)7-4-6(10)5-11-7/h6-7,11H,4-5H2,1-3H3,(H,12,13)/t6?,7-/m0/s1. The van der Waals surface area contributed by atoms with E-state index < -0.39 is 0 Å². The van der Waals surface area contributed by atoms with E-state index >= 15 is 0 Å². The van der Waals surface area contributed by atoms with Crippen LogP contribution >= 0.6 is 15.9 Å². The van der Waals surface area contributed by atoms with Gasteiger partial charge in [-0.2, -0.15) is 0 Å². The average Bonchev–Trinajstić information content (AvgIpc) is 2.31. The minimum atomic E-state index is -0.136. The van der Waals surface area contributed by atoms with E-state index in [9.17, 15) is 4.79 Å². The second kappa shape index (κ2) is 3.96. The molecule has 1 rings (SSSR count). The molecule has 0 bridgehead atoms. The van der Waals surface area contributed by atoms with Crippen LogP contribution in [0.2, 0.25) is 0 Å². The monoisotopic (exact) mass is 248 g/mol. The molecule has 1 aliphatic rings. The maximum atomic E-state index is 11.6. The van der Waals surface area contributed by atoms with Gasteiger partial charge in [0.05, 0.1) is 6.04 Å². The molecule has 0 aromatic heterocycles. The normalized spacial score (nSPS) is 28.9. The Morgan fingerprint density at radius 3 is 2.54 bits per heavy atom. The van der Waals surface area contributed by atoms with E-state index in [-0.39, 0.29) is 17.5 Å². The molecule has 2 atom stereocenters. The number of amides is 1. The fourth-order valence-electron chi connectivity index (χ4n) is 1.35. The summed E-state index contributed by atoms with van der Waals surface area (Å²) in [6.07, 6.45) is 0.877. The van der Waals surface area contributed by atoms with E-state index in [0.717, 1.165) is 13.0 Å². The molecule has 0 spiro atoms. The summed E-state index contributed by atoms with van der Waals surface area (Å²) in [7, 11) is 0. The third kappa shape index (κ3) is 3.65. The van der Waals surface area contributed by atoms with E-state index in [1.165, 1.54) is 0 Å². The summed E-state index contributed by atoms with van der Waals surface area (Å²) >= 11 is 3.48. The SMILES string of the molecule is CC(C)(C)NC(=O)[C@@H]1CC(Br)CN1. The first-order valence-corrected chi connectivity index (χ1v) is 5.49. The first-order chi connectivity index (χ1) is 5.88. The zero-order chi connectivity index (χ0) is 10.1. The van der Waals surface area contributed by atoms with Crippen LogP contribution in [0.5, 0.6) is 0 Å². The second-order valence-corrected chi connectivity index (χ2v) is 5.83. The molecule has 1 aliphatic heterocycles. The third-order valence-corrected chi connectivity index (χ3v) is 2.59. The van der Waals surface area contributed by atoms with Gasteiger partial charge in [-0.3, -0.25) is 4.79 Å². The zero-order valence-electron chi connectivity index (χ0n) is 8.36. The summed E-state index contributed by atoms with van der Waals surface area (Å²) < 4.78 is 0. The van der Waals surface area contributed by atoms with Gasteiger partial charge in [0.1, 0.15) is 0 Å². The number of rotatable bonds is 1. The fraction of sp³-hybridized carbons (Fsp3) is 0.889. The van der Waals surface area contributed by atoms with Gasteiger partial charge in [-0.15, -0.1) is 0 Å². The fourth-order valence-corrected chi connectivity index (χ4v) is 1.91. The smallest absolute Gasteiger partial charge is 0.237 e. The van der Waals surface area contributed by atoms with E-state index in [1.54, 1.807) is 0 Å². The highest BCUT2D eigenvalue weighted by Crippen LogP contribution is 2.15. The average molecular weight is 249 g/mol. The van der Waals surface area contributed by atoms with Gasteiger partial charge < -0.3 is 10.6 Å². The van der Waals surface area contributed by atoms with Gasteiger partial charge in [-0.25, -0.2) is 0 Å². The lowest BCUT2D eigenvalue weighted by atomic mass is 10.1. The number of hydrogen-bond donors (Lipinski definition) is 2. The van der Waals surface area contributed by atoms with E-state index in [2.05, 4.69) is 26.6 Å². The minimum absolute atomic E-state index is 0.0244. The molecule has 76 valence electrons. The number of halogens is 1. The number of carbonyl (C=O) groups excluding carboxylic acids is 1. The van der Waals surface area contributed by atoms with Gasteiger partial charge in [0, 0.05) is 16.9 Å². The van der Waals surface area contributed by atoms with Crippen LogP contribution in [0.4, 0.5) is 0 Å². The second-order valence-electron chi connectivity index (χ2n) is 4.53. The highest BCUT2D eigenvalue weighted by molar-refractivity contribution is 9.09. The summed E-state index contributed by atoms with van der Waals surface area (Å²) in [5.74, 6) is 0.106. The first-order valence-electron chi connectivity index (χ1n) is 4.58. The molecule has 3 nitrogen and oxygen atoms in total. The lowest BCUT2D eigenvalue weighted by molar-refractivity contribution is -0.124. The molecule has 0 aliphatic carbocycles. The van der Waals surface area contributed by atoms with Crippen molar-refractivity contribution in [2.75, 3.05) is 6.54 Å². The number of alkyl halides is 1. The maximum absolute atomic E-state index is 11.6. The lowest BCUT2D eigenvalue weighted by Gasteiger charge is -2.22. The Labute approximate surface area is 87.8 Å². The Bertz CT molecular complexity index is 200. The summed E-state index contributed by atoms with van der Waals surface area (Å²) in [5, 5.41) is 6.13. The van der Waals surface area contributed by atoms with Crippen LogP contribution in [-0.4, -0.2) is 28.9 Å². The number of nitrogens with one attached hydrogen (secondary N) is 2.